The van der Waals surface area contributed by atoms with Gasteiger partial charge in [-0.25, -0.2) is 0 Å². The molecule has 2 heterocycles. The summed E-state index contributed by atoms with van der Waals surface area (Å²) in [6.07, 6.45) is 1.92. The number of anilines is 1. The third-order valence-electron chi connectivity index (χ3n) is 7.13. The van der Waals surface area contributed by atoms with Crippen molar-refractivity contribution in [2.75, 3.05) is 24.5 Å². The SMILES string of the molecule is CC(=N)N1CCC(Oc2ccc(CN3C(=O)CN(C(=O)c4ccc(Cl)cc4)Cc4ccccc43)cc2)CC1. The number of carbonyl (C=O) groups excluding carboxylic acids is 2. The van der Waals surface area contributed by atoms with Gasteiger partial charge in [0.15, 0.2) is 0 Å². The van der Waals surface area contributed by atoms with Gasteiger partial charge in [0.05, 0.1) is 12.4 Å². The summed E-state index contributed by atoms with van der Waals surface area (Å²) in [5.41, 5.74) is 3.22. The zero-order valence-corrected chi connectivity index (χ0v) is 22.2. The van der Waals surface area contributed by atoms with Gasteiger partial charge >= 0.3 is 0 Å². The zero-order chi connectivity index (χ0) is 26.6. The number of hydrogen-bond donors (Lipinski definition) is 1. The van der Waals surface area contributed by atoms with Crippen molar-refractivity contribution in [3.05, 3.63) is 94.5 Å². The normalized spacial score (nSPS) is 16.2. The van der Waals surface area contributed by atoms with E-state index in [1.165, 1.54) is 0 Å². The van der Waals surface area contributed by atoms with Crippen LogP contribution in [0.2, 0.25) is 5.02 Å². The fourth-order valence-electron chi connectivity index (χ4n) is 5.00. The van der Waals surface area contributed by atoms with Crippen molar-refractivity contribution in [3.8, 4) is 5.75 Å². The van der Waals surface area contributed by atoms with Gasteiger partial charge in [-0.2, -0.15) is 0 Å². The molecule has 0 aromatic heterocycles. The highest BCUT2D eigenvalue weighted by molar-refractivity contribution is 6.30. The van der Waals surface area contributed by atoms with Crippen LogP contribution in [-0.4, -0.2) is 53.2 Å². The summed E-state index contributed by atoms with van der Waals surface area (Å²) < 4.78 is 6.19. The number of para-hydroxylation sites is 1. The van der Waals surface area contributed by atoms with E-state index in [0.717, 1.165) is 48.5 Å². The van der Waals surface area contributed by atoms with Gasteiger partial charge in [0.1, 0.15) is 18.4 Å². The standard InChI is InChI=1S/C30H31ClN4O3/c1-21(32)33-16-14-27(15-17-33)38-26-12-6-22(7-13-26)18-35-28-5-3-2-4-24(28)19-34(20-29(35)36)30(37)23-8-10-25(31)11-9-23/h2-13,27,32H,14-20H2,1H3. The fraction of sp³-hybridized carbons (Fsp3) is 0.300. The Balaban J connectivity index is 1.28. The molecule has 1 N–H and O–H groups in total. The number of nitrogens with one attached hydrogen (secondary N) is 1. The van der Waals surface area contributed by atoms with Crippen LogP contribution in [0.3, 0.4) is 0 Å². The number of fused-ring (bicyclic) bond motifs is 1. The molecule has 8 heteroatoms. The number of carbonyl (C=O) groups is 2. The molecule has 1 fully saturated rings. The van der Waals surface area contributed by atoms with Gasteiger partial charge in [-0.3, -0.25) is 15.0 Å². The molecule has 0 saturated carbocycles. The summed E-state index contributed by atoms with van der Waals surface area (Å²) in [6.45, 7) is 4.24. The summed E-state index contributed by atoms with van der Waals surface area (Å²) >= 11 is 5.99. The predicted octanol–water partition coefficient (Wildman–Crippen LogP) is 5.37. The molecule has 0 aliphatic carbocycles. The van der Waals surface area contributed by atoms with E-state index in [1.54, 1.807) is 34.1 Å². The Bertz CT molecular complexity index is 1320. The maximum Gasteiger partial charge on any atom is 0.254 e. The molecule has 3 aromatic carbocycles. The lowest BCUT2D eigenvalue weighted by molar-refractivity contribution is -0.119. The van der Waals surface area contributed by atoms with Gasteiger partial charge in [0, 0.05) is 48.7 Å². The minimum absolute atomic E-state index is 0.00868. The third kappa shape index (κ3) is 5.83. The van der Waals surface area contributed by atoms with Gasteiger partial charge in [0.25, 0.3) is 5.91 Å². The number of amides is 2. The van der Waals surface area contributed by atoms with E-state index in [0.29, 0.717) is 29.5 Å². The molecule has 5 rings (SSSR count). The van der Waals surface area contributed by atoms with Crippen molar-refractivity contribution in [1.29, 1.82) is 5.41 Å². The van der Waals surface area contributed by atoms with Gasteiger partial charge in [-0.15, -0.1) is 0 Å². The molecule has 1 saturated heterocycles. The van der Waals surface area contributed by atoms with Crippen LogP contribution in [0.25, 0.3) is 0 Å². The molecular formula is C30H31ClN4O3. The smallest absolute Gasteiger partial charge is 0.254 e. The van der Waals surface area contributed by atoms with Crippen LogP contribution >= 0.6 is 11.6 Å². The van der Waals surface area contributed by atoms with E-state index in [9.17, 15) is 9.59 Å². The average Bonchev–Trinajstić information content (AvgIpc) is 3.06. The Labute approximate surface area is 228 Å². The second-order valence-electron chi connectivity index (χ2n) is 9.81. The lowest BCUT2D eigenvalue weighted by Crippen LogP contribution is -2.40. The molecule has 2 aliphatic heterocycles. The number of benzene rings is 3. The molecular weight excluding hydrogens is 500 g/mol. The number of halogens is 1. The van der Waals surface area contributed by atoms with Gasteiger partial charge in [-0.05, 0) is 60.5 Å². The number of piperidine rings is 1. The van der Waals surface area contributed by atoms with Crippen LogP contribution in [0.5, 0.6) is 5.75 Å². The van der Waals surface area contributed by atoms with Gasteiger partial charge in [-0.1, -0.05) is 41.9 Å². The lowest BCUT2D eigenvalue weighted by Gasteiger charge is -2.32. The van der Waals surface area contributed by atoms with Crippen LogP contribution in [0.4, 0.5) is 5.69 Å². The Morgan fingerprint density at radius 1 is 0.947 bits per heavy atom. The van der Waals surface area contributed by atoms with Crippen LogP contribution < -0.4 is 9.64 Å². The molecule has 196 valence electrons. The second-order valence-corrected chi connectivity index (χ2v) is 10.2. The maximum absolute atomic E-state index is 13.5. The summed E-state index contributed by atoms with van der Waals surface area (Å²) in [5, 5.41) is 8.35. The topological polar surface area (TPSA) is 76.9 Å². The summed E-state index contributed by atoms with van der Waals surface area (Å²) in [4.78, 5) is 32.1. The predicted molar refractivity (Wildman–Crippen MR) is 149 cm³/mol. The lowest BCUT2D eigenvalue weighted by atomic mass is 10.1. The third-order valence-corrected chi connectivity index (χ3v) is 7.38. The largest absolute Gasteiger partial charge is 0.490 e. The van der Waals surface area contributed by atoms with E-state index in [-0.39, 0.29) is 24.5 Å². The van der Waals surface area contributed by atoms with Crippen molar-refractivity contribution in [1.82, 2.24) is 9.80 Å². The van der Waals surface area contributed by atoms with Gasteiger partial charge < -0.3 is 19.4 Å². The molecule has 0 atom stereocenters. The first-order valence-corrected chi connectivity index (χ1v) is 13.2. The quantitative estimate of drug-likeness (QED) is 0.355. The van der Waals surface area contributed by atoms with Crippen LogP contribution in [0.15, 0.2) is 72.8 Å². The summed E-state index contributed by atoms with van der Waals surface area (Å²) in [5.74, 6) is 1.08. The van der Waals surface area contributed by atoms with Crippen molar-refractivity contribution in [2.24, 2.45) is 0 Å². The molecule has 7 nitrogen and oxygen atoms in total. The molecule has 0 unspecified atom stereocenters. The van der Waals surface area contributed by atoms with Crippen LogP contribution in [-0.2, 0) is 17.9 Å². The Kier molecular flexibility index (Phi) is 7.65. The first-order valence-electron chi connectivity index (χ1n) is 12.9. The molecule has 0 spiro atoms. The first kappa shape index (κ1) is 25.8. The van der Waals surface area contributed by atoms with Crippen LogP contribution in [0.1, 0.15) is 41.3 Å². The summed E-state index contributed by atoms with van der Waals surface area (Å²) in [6, 6.07) is 22.4. The molecule has 0 bridgehead atoms. The van der Waals surface area contributed by atoms with Crippen LogP contribution in [0, 0.1) is 5.41 Å². The molecule has 2 aliphatic rings. The van der Waals surface area contributed by atoms with E-state index >= 15 is 0 Å². The zero-order valence-electron chi connectivity index (χ0n) is 21.4. The van der Waals surface area contributed by atoms with Gasteiger partial charge in [0.2, 0.25) is 5.91 Å². The van der Waals surface area contributed by atoms with E-state index in [4.69, 9.17) is 21.7 Å². The minimum Gasteiger partial charge on any atom is -0.490 e. The Morgan fingerprint density at radius 3 is 2.32 bits per heavy atom. The second kappa shape index (κ2) is 11.3. The molecule has 38 heavy (non-hydrogen) atoms. The van der Waals surface area contributed by atoms with Crippen molar-refractivity contribution in [3.63, 3.8) is 0 Å². The molecule has 3 aromatic rings. The highest BCUT2D eigenvalue weighted by atomic mass is 35.5. The average molecular weight is 531 g/mol. The minimum atomic E-state index is -0.199. The highest BCUT2D eigenvalue weighted by Gasteiger charge is 2.29. The molecule has 2 amide bonds. The van der Waals surface area contributed by atoms with E-state index in [1.807, 2.05) is 55.5 Å². The monoisotopic (exact) mass is 530 g/mol. The van der Waals surface area contributed by atoms with E-state index < -0.39 is 0 Å². The van der Waals surface area contributed by atoms with Crippen molar-refractivity contribution >= 4 is 34.9 Å². The Hall–Kier alpha value is -3.84. The molecule has 0 radical (unpaired) electrons. The first-order chi connectivity index (χ1) is 18.4. The van der Waals surface area contributed by atoms with E-state index in [2.05, 4.69) is 4.90 Å². The number of likely N-dealkylation sites (tertiary alicyclic amines) is 1. The Morgan fingerprint density at radius 2 is 1.63 bits per heavy atom. The van der Waals surface area contributed by atoms with Crippen molar-refractivity contribution < 1.29 is 14.3 Å². The highest BCUT2D eigenvalue weighted by Crippen LogP contribution is 2.29. The number of rotatable bonds is 5. The number of amidine groups is 1. The number of nitrogens with zero attached hydrogens (tertiary/aromatic N) is 3. The fourth-order valence-corrected chi connectivity index (χ4v) is 5.13. The summed E-state index contributed by atoms with van der Waals surface area (Å²) in [7, 11) is 0. The maximum atomic E-state index is 13.5. The number of ether oxygens (including phenoxy) is 1. The van der Waals surface area contributed by atoms with Crippen molar-refractivity contribution in [2.45, 2.75) is 39.0 Å². The number of hydrogen-bond acceptors (Lipinski definition) is 4.